The molecule has 0 unspecified atom stereocenters. The number of ether oxygens (including phenoxy) is 2. The van der Waals surface area contributed by atoms with E-state index < -0.39 is 0 Å². The van der Waals surface area contributed by atoms with Crippen molar-refractivity contribution in [2.24, 2.45) is 5.92 Å². The van der Waals surface area contributed by atoms with Crippen LogP contribution in [-0.4, -0.2) is 34.4 Å². The van der Waals surface area contributed by atoms with Gasteiger partial charge in [0.15, 0.2) is 0 Å². The third-order valence-corrected chi connectivity index (χ3v) is 5.22. The van der Waals surface area contributed by atoms with E-state index in [1.807, 2.05) is 35.0 Å². The second-order valence-electron chi connectivity index (χ2n) is 7.21. The summed E-state index contributed by atoms with van der Waals surface area (Å²) in [4.78, 5) is 28.6. The maximum Gasteiger partial charge on any atom is 0.308 e. The van der Waals surface area contributed by atoms with Crippen LogP contribution in [0.5, 0.6) is 5.75 Å². The number of fused-ring (bicyclic) bond motifs is 1. The Morgan fingerprint density at radius 2 is 2.00 bits per heavy atom. The molecule has 0 saturated heterocycles. The van der Waals surface area contributed by atoms with Gasteiger partial charge in [-0.3, -0.25) is 9.59 Å². The first-order chi connectivity index (χ1) is 14.1. The average Bonchev–Trinajstić information content (AvgIpc) is 3.38. The lowest BCUT2D eigenvalue weighted by Crippen LogP contribution is -2.33. The van der Waals surface area contributed by atoms with E-state index in [2.05, 4.69) is 10.3 Å². The molecule has 2 aromatic heterocycles. The quantitative estimate of drug-likeness (QED) is 0.651. The van der Waals surface area contributed by atoms with Gasteiger partial charge in [0.1, 0.15) is 18.0 Å². The van der Waals surface area contributed by atoms with Gasteiger partial charge < -0.3 is 19.2 Å². The highest BCUT2D eigenvalue weighted by molar-refractivity contribution is 5.94. The van der Waals surface area contributed by atoms with Gasteiger partial charge in [-0.25, -0.2) is 4.98 Å². The first kappa shape index (κ1) is 19.0. The van der Waals surface area contributed by atoms with Crippen molar-refractivity contribution in [3.8, 4) is 5.75 Å². The van der Waals surface area contributed by atoms with Crippen LogP contribution in [0.3, 0.4) is 0 Å². The van der Waals surface area contributed by atoms with Gasteiger partial charge in [0, 0.05) is 24.0 Å². The summed E-state index contributed by atoms with van der Waals surface area (Å²) < 4.78 is 12.5. The first-order valence-corrected chi connectivity index (χ1v) is 9.66. The highest BCUT2D eigenvalue weighted by Gasteiger charge is 2.31. The number of imidazole rings is 1. The lowest BCUT2D eigenvalue weighted by atomic mass is 10.1. The van der Waals surface area contributed by atoms with Crippen molar-refractivity contribution >= 4 is 17.5 Å². The number of methoxy groups -OCH3 is 1. The highest BCUT2D eigenvalue weighted by atomic mass is 16.5. The zero-order valence-corrected chi connectivity index (χ0v) is 16.2. The molecule has 150 valence electrons. The number of nitrogens with zero attached hydrogens (tertiary/aromatic N) is 2. The zero-order valence-electron chi connectivity index (χ0n) is 16.2. The predicted molar refractivity (Wildman–Crippen MR) is 107 cm³/mol. The molecule has 1 fully saturated rings. The normalized spacial score (nSPS) is 18.5. The largest absolute Gasteiger partial charge is 0.487 e. The van der Waals surface area contributed by atoms with E-state index in [1.54, 1.807) is 24.3 Å². The van der Waals surface area contributed by atoms with Gasteiger partial charge in [-0.1, -0.05) is 6.07 Å². The zero-order chi connectivity index (χ0) is 20.2. The Balaban J connectivity index is 1.30. The smallest absolute Gasteiger partial charge is 0.308 e. The number of hydrogen-bond acceptors (Lipinski definition) is 5. The minimum Gasteiger partial charge on any atom is -0.487 e. The van der Waals surface area contributed by atoms with Gasteiger partial charge in [0.05, 0.1) is 18.7 Å². The van der Waals surface area contributed by atoms with Gasteiger partial charge in [-0.05, 0) is 55.7 Å². The van der Waals surface area contributed by atoms with Crippen molar-refractivity contribution in [2.75, 3.05) is 7.11 Å². The first-order valence-electron chi connectivity index (χ1n) is 9.66. The Morgan fingerprint density at radius 1 is 1.17 bits per heavy atom. The number of carbonyl (C=O) groups excluding carboxylic acids is 2. The predicted octanol–water partition coefficient (Wildman–Crippen LogP) is 2.98. The number of pyridine rings is 1. The standard InChI is InChI=1S/C22H23N3O4/c1-28-22(27)16-5-8-17(12-16)24-21(26)15-6-9-19(10-7-15)29-14-18-13-25-11-3-2-4-20(25)23-18/h2-4,6-7,9-11,13,16-17H,5,8,12,14H2,1H3,(H,24,26)/t16-,17+/m0/s1. The van der Waals surface area contributed by atoms with Crippen LogP contribution in [0, 0.1) is 5.92 Å². The molecule has 2 atom stereocenters. The minimum atomic E-state index is -0.200. The van der Waals surface area contributed by atoms with Crippen LogP contribution in [0.15, 0.2) is 54.9 Å². The maximum atomic E-state index is 12.5. The molecule has 1 aliphatic carbocycles. The molecule has 2 heterocycles. The van der Waals surface area contributed by atoms with Crippen molar-refractivity contribution in [1.82, 2.24) is 14.7 Å². The number of aromatic nitrogens is 2. The molecule has 0 aliphatic heterocycles. The summed E-state index contributed by atoms with van der Waals surface area (Å²) in [6.07, 6.45) is 6.02. The Bertz CT molecular complexity index is 979. The fourth-order valence-electron chi connectivity index (χ4n) is 3.68. The summed E-state index contributed by atoms with van der Waals surface area (Å²) in [5.74, 6) is 0.201. The molecular weight excluding hydrogens is 370 g/mol. The topological polar surface area (TPSA) is 81.9 Å². The fourth-order valence-corrected chi connectivity index (χ4v) is 3.68. The molecule has 29 heavy (non-hydrogen) atoms. The molecular formula is C22H23N3O4. The Hall–Kier alpha value is -3.35. The fraction of sp³-hybridized carbons (Fsp3) is 0.318. The molecule has 3 aromatic rings. The summed E-state index contributed by atoms with van der Waals surface area (Å²) in [6.45, 7) is 0.351. The average molecular weight is 393 g/mol. The third kappa shape index (κ3) is 4.39. The van der Waals surface area contributed by atoms with Gasteiger partial charge in [0.2, 0.25) is 0 Å². The van der Waals surface area contributed by atoms with E-state index in [0.29, 0.717) is 24.3 Å². The molecule has 1 N–H and O–H groups in total. The van der Waals surface area contributed by atoms with Crippen LogP contribution in [0.2, 0.25) is 0 Å². The molecule has 7 nitrogen and oxygen atoms in total. The summed E-state index contributed by atoms with van der Waals surface area (Å²) in [5, 5.41) is 3.00. The Morgan fingerprint density at radius 3 is 2.76 bits per heavy atom. The molecule has 0 bridgehead atoms. The summed E-state index contributed by atoms with van der Waals surface area (Å²) in [6, 6.07) is 12.9. The molecule has 4 rings (SSSR count). The summed E-state index contributed by atoms with van der Waals surface area (Å²) in [7, 11) is 1.40. The van der Waals surface area contributed by atoms with Crippen LogP contribution in [-0.2, 0) is 16.1 Å². The molecule has 1 aromatic carbocycles. The molecule has 1 saturated carbocycles. The van der Waals surface area contributed by atoms with Gasteiger partial charge in [-0.2, -0.15) is 0 Å². The van der Waals surface area contributed by atoms with Crippen molar-refractivity contribution in [1.29, 1.82) is 0 Å². The highest BCUT2D eigenvalue weighted by Crippen LogP contribution is 2.27. The van der Waals surface area contributed by atoms with Crippen LogP contribution in [0.25, 0.3) is 5.65 Å². The lowest BCUT2D eigenvalue weighted by Gasteiger charge is -2.13. The molecule has 1 aliphatic rings. The van der Waals surface area contributed by atoms with Crippen molar-refractivity contribution < 1.29 is 19.1 Å². The van der Waals surface area contributed by atoms with E-state index in [-0.39, 0.29) is 23.8 Å². The van der Waals surface area contributed by atoms with Gasteiger partial charge >= 0.3 is 5.97 Å². The second kappa shape index (κ2) is 8.34. The van der Waals surface area contributed by atoms with Crippen molar-refractivity contribution in [2.45, 2.75) is 31.9 Å². The molecule has 1 amide bonds. The summed E-state index contributed by atoms with van der Waals surface area (Å²) >= 11 is 0. The Labute approximate surface area is 168 Å². The van der Waals surface area contributed by atoms with Gasteiger partial charge in [0.25, 0.3) is 5.91 Å². The molecule has 0 spiro atoms. The number of carbonyl (C=O) groups is 2. The van der Waals surface area contributed by atoms with Crippen LogP contribution in [0.4, 0.5) is 0 Å². The van der Waals surface area contributed by atoms with E-state index >= 15 is 0 Å². The Kier molecular flexibility index (Phi) is 5.46. The lowest BCUT2D eigenvalue weighted by molar-refractivity contribution is -0.145. The number of nitrogens with one attached hydrogen (secondary N) is 1. The van der Waals surface area contributed by atoms with E-state index in [4.69, 9.17) is 9.47 Å². The molecule has 0 radical (unpaired) electrons. The maximum absolute atomic E-state index is 12.5. The van der Waals surface area contributed by atoms with Crippen LogP contribution < -0.4 is 10.1 Å². The van der Waals surface area contributed by atoms with E-state index in [9.17, 15) is 9.59 Å². The van der Waals surface area contributed by atoms with Crippen molar-refractivity contribution in [3.05, 3.63) is 66.1 Å². The van der Waals surface area contributed by atoms with Crippen LogP contribution in [0.1, 0.15) is 35.3 Å². The van der Waals surface area contributed by atoms with E-state index in [1.165, 1.54) is 7.11 Å². The second-order valence-corrected chi connectivity index (χ2v) is 7.21. The SMILES string of the molecule is COC(=O)[C@H]1CC[C@@H](NC(=O)c2ccc(OCc3cn4ccccc4n3)cc2)C1. The van der Waals surface area contributed by atoms with Crippen molar-refractivity contribution in [3.63, 3.8) is 0 Å². The number of amides is 1. The summed E-state index contributed by atoms with van der Waals surface area (Å²) in [5.41, 5.74) is 2.27. The van der Waals surface area contributed by atoms with Crippen LogP contribution >= 0.6 is 0 Å². The minimum absolute atomic E-state index is 0.00225. The number of benzene rings is 1. The van der Waals surface area contributed by atoms with Gasteiger partial charge in [-0.15, -0.1) is 0 Å². The number of rotatable bonds is 6. The molecule has 7 heteroatoms. The number of hydrogen-bond donors (Lipinski definition) is 1. The van der Waals surface area contributed by atoms with E-state index in [0.717, 1.165) is 24.2 Å². The number of esters is 1. The monoisotopic (exact) mass is 393 g/mol. The third-order valence-electron chi connectivity index (χ3n) is 5.22.